The van der Waals surface area contributed by atoms with E-state index in [4.69, 9.17) is 29.0 Å². The van der Waals surface area contributed by atoms with Crippen molar-refractivity contribution in [3.8, 4) is 0 Å². The first-order chi connectivity index (χ1) is 9.51. The van der Waals surface area contributed by atoms with Gasteiger partial charge in [-0.1, -0.05) is 57.3 Å². The Kier molecular flexibility index (Phi) is 5.47. The molecule has 2 rings (SSSR count). The largest absolute Gasteiger partial charge is 0.271 e. The number of nitrogens with one attached hydrogen (secondary N) is 1. The molecule has 0 saturated heterocycles. The average molecular weight is 374 g/mol. The second-order valence-electron chi connectivity index (χ2n) is 4.67. The van der Waals surface area contributed by atoms with Crippen molar-refractivity contribution in [2.24, 2.45) is 5.84 Å². The molecule has 0 heterocycles. The van der Waals surface area contributed by atoms with Crippen molar-refractivity contribution < 1.29 is 0 Å². The van der Waals surface area contributed by atoms with E-state index in [1.165, 1.54) is 5.56 Å². The Balaban J connectivity index is 2.26. The molecule has 0 aliphatic carbocycles. The Morgan fingerprint density at radius 2 is 1.95 bits per heavy atom. The lowest BCUT2D eigenvalue weighted by Crippen LogP contribution is -2.29. The van der Waals surface area contributed by atoms with Gasteiger partial charge < -0.3 is 0 Å². The summed E-state index contributed by atoms with van der Waals surface area (Å²) < 4.78 is 1.07. The van der Waals surface area contributed by atoms with Crippen LogP contribution < -0.4 is 11.3 Å². The van der Waals surface area contributed by atoms with Crippen molar-refractivity contribution >= 4 is 39.1 Å². The Labute approximate surface area is 137 Å². The number of rotatable bonds is 4. The van der Waals surface area contributed by atoms with Crippen LogP contribution in [0, 0.1) is 6.92 Å². The maximum Gasteiger partial charge on any atom is 0.0501 e. The van der Waals surface area contributed by atoms with Crippen LogP contribution in [0.25, 0.3) is 0 Å². The molecular weight excluding hydrogens is 359 g/mol. The molecule has 0 radical (unpaired) electrons. The summed E-state index contributed by atoms with van der Waals surface area (Å²) in [6.07, 6.45) is 0.696. The number of hydrazine groups is 1. The van der Waals surface area contributed by atoms with E-state index in [9.17, 15) is 0 Å². The van der Waals surface area contributed by atoms with Gasteiger partial charge in [-0.15, -0.1) is 0 Å². The topological polar surface area (TPSA) is 38.0 Å². The highest BCUT2D eigenvalue weighted by Crippen LogP contribution is 2.28. The molecule has 2 nitrogen and oxygen atoms in total. The van der Waals surface area contributed by atoms with Crippen LogP contribution in [0.3, 0.4) is 0 Å². The zero-order chi connectivity index (χ0) is 14.7. The summed E-state index contributed by atoms with van der Waals surface area (Å²) in [7, 11) is 0. The van der Waals surface area contributed by atoms with Gasteiger partial charge in [-0.25, -0.2) is 0 Å². The molecule has 3 N–H and O–H groups in total. The summed E-state index contributed by atoms with van der Waals surface area (Å²) in [5.74, 6) is 5.69. The van der Waals surface area contributed by atoms with Gasteiger partial charge >= 0.3 is 0 Å². The van der Waals surface area contributed by atoms with Crippen molar-refractivity contribution in [1.29, 1.82) is 0 Å². The SMILES string of the molecule is Cc1ccc(C(Cc2ccc(Cl)cc2Cl)NN)cc1Br. The quantitative estimate of drug-likeness (QED) is 0.596. The molecule has 0 aromatic heterocycles. The molecule has 0 saturated carbocycles. The zero-order valence-corrected chi connectivity index (χ0v) is 14.1. The Bertz CT molecular complexity index is 617. The van der Waals surface area contributed by atoms with E-state index < -0.39 is 0 Å². The summed E-state index contributed by atoms with van der Waals surface area (Å²) in [6.45, 7) is 2.05. The molecule has 0 amide bonds. The predicted molar refractivity (Wildman–Crippen MR) is 89.1 cm³/mol. The standard InChI is InChI=1S/C15H15BrCl2N2/c1-9-2-3-11(6-13(9)16)15(20-19)7-10-4-5-12(17)8-14(10)18/h2-6,8,15,20H,7,19H2,1H3. The van der Waals surface area contributed by atoms with Crippen molar-refractivity contribution in [2.75, 3.05) is 0 Å². The molecule has 0 spiro atoms. The monoisotopic (exact) mass is 372 g/mol. The Morgan fingerprint density at radius 3 is 2.55 bits per heavy atom. The van der Waals surface area contributed by atoms with Crippen molar-refractivity contribution in [3.63, 3.8) is 0 Å². The van der Waals surface area contributed by atoms with Gasteiger partial charge in [-0.2, -0.15) is 0 Å². The van der Waals surface area contributed by atoms with E-state index in [1.54, 1.807) is 6.07 Å². The number of hydrogen-bond donors (Lipinski definition) is 2. The van der Waals surface area contributed by atoms with Gasteiger partial charge in [-0.05, 0) is 48.2 Å². The Morgan fingerprint density at radius 1 is 1.20 bits per heavy atom. The van der Waals surface area contributed by atoms with Crippen LogP contribution in [0.15, 0.2) is 40.9 Å². The lowest BCUT2D eigenvalue weighted by atomic mass is 9.98. The summed E-state index contributed by atoms with van der Waals surface area (Å²) in [5.41, 5.74) is 6.15. The van der Waals surface area contributed by atoms with E-state index in [-0.39, 0.29) is 6.04 Å². The third-order valence-corrected chi connectivity index (χ3v) is 4.68. The van der Waals surface area contributed by atoms with Gasteiger partial charge in [0.1, 0.15) is 0 Å². The van der Waals surface area contributed by atoms with Crippen LogP contribution in [-0.4, -0.2) is 0 Å². The van der Waals surface area contributed by atoms with Gasteiger partial charge in [0.05, 0.1) is 6.04 Å². The van der Waals surface area contributed by atoms with E-state index >= 15 is 0 Å². The smallest absolute Gasteiger partial charge is 0.0501 e. The molecule has 0 aliphatic rings. The molecule has 20 heavy (non-hydrogen) atoms. The number of hydrogen-bond acceptors (Lipinski definition) is 2. The van der Waals surface area contributed by atoms with Gasteiger partial charge in [0.2, 0.25) is 0 Å². The van der Waals surface area contributed by atoms with Crippen LogP contribution in [-0.2, 0) is 6.42 Å². The summed E-state index contributed by atoms with van der Waals surface area (Å²) in [5, 5.41) is 1.29. The fourth-order valence-corrected chi connectivity index (χ4v) is 2.89. The number of halogens is 3. The van der Waals surface area contributed by atoms with Gasteiger partial charge in [0, 0.05) is 14.5 Å². The Hall–Kier alpha value is -0.580. The fraction of sp³-hybridized carbons (Fsp3) is 0.200. The molecule has 2 aromatic rings. The van der Waals surface area contributed by atoms with E-state index in [2.05, 4.69) is 46.5 Å². The summed E-state index contributed by atoms with van der Waals surface area (Å²) in [6, 6.07) is 11.7. The summed E-state index contributed by atoms with van der Waals surface area (Å²) >= 11 is 15.7. The van der Waals surface area contributed by atoms with Gasteiger partial charge in [0.25, 0.3) is 0 Å². The van der Waals surface area contributed by atoms with E-state index in [1.807, 2.05) is 12.1 Å². The van der Waals surface area contributed by atoms with Crippen LogP contribution in [0.5, 0.6) is 0 Å². The third-order valence-electron chi connectivity index (χ3n) is 3.24. The van der Waals surface area contributed by atoms with E-state index in [0.29, 0.717) is 16.5 Å². The molecule has 2 aromatic carbocycles. The van der Waals surface area contributed by atoms with E-state index in [0.717, 1.165) is 15.6 Å². The number of nitrogens with two attached hydrogens (primary N) is 1. The van der Waals surface area contributed by atoms with Crippen molar-refractivity contribution in [2.45, 2.75) is 19.4 Å². The normalized spacial score (nSPS) is 12.4. The first-order valence-corrected chi connectivity index (χ1v) is 7.72. The lowest BCUT2D eigenvalue weighted by molar-refractivity contribution is 0.551. The summed E-state index contributed by atoms with van der Waals surface area (Å²) in [4.78, 5) is 0. The molecule has 0 aliphatic heterocycles. The van der Waals surface area contributed by atoms with Gasteiger partial charge in [-0.3, -0.25) is 11.3 Å². The second-order valence-corrected chi connectivity index (χ2v) is 6.37. The lowest BCUT2D eigenvalue weighted by Gasteiger charge is -2.18. The minimum atomic E-state index is -0.00873. The van der Waals surface area contributed by atoms with Gasteiger partial charge in [0.15, 0.2) is 0 Å². The first kappa shape index (κ1) is 15.8. The minimum Gasteiger partial charge on any atom is -0.271 e. The number of benzene rings is 2. The van der Waals surface area contributed by atoms with Crippen LogP contribution in [0.4, 0.5) is 0 Å². The van der Waals surface area contributed by atoms with Crippen molar-refractivity contribution in [1.82, 2.24) is 5.43 Å². The zero-order valence-electron chi connectivity index (χ0n) is 11.0. The molecule has 1 atom stereocenters. The van der Waals surface area contributed by atoms with Crippen LogP contribution in [0.1, 0.15) is 22.7 Å². The maximum absolute atomic E-state index is 6.21. The highest BCUT2D eigenvalue weighted by atomic mass is 79.9. The van der Waals surface area contributed by atoms with Crippen molar-refractivity contribution in [3.05, 3.63) is 67.6 Å². The first-order valence-electron chi connectivity index (χ1n) is 6.17. The maximum atomic E-state index is 6.21. The molecule has 0 bridgehead atoms. The molecule has 106 valence electrons. The molecule has 0 fully saturated rings. The molecular formula is C15H15BrCl2N2. The van der Waals surface area contributed by atoms with Crippen LogP contribution >= 0.6 is 39.1 Å². The highest BCUT2D eigenvalue weighted by molar-refractivity contribution is 9.10. The third kappa shape index (κ3) is 3.74. The molecule has 1 unspecified atom stereocenters. The predicted octanol–water partition coefficient (Wildman–Crippen LogP) is 4.81. The average Bonchev–Trinajstić information content (AvgIpc) is 2.41. The highest BCUT2D eigenvalue weighted by Gasteiger charge is 2.13. The number of aryl methyl sites for hydroxylation is 1. The second kappa shape index (κ2) is 6.92. The van der Waals surface area contributed by atoms with Crippen LogP contribution in [0.2, 0.25) is 10.0 Å². The minimum absolute atomic E-state index is 0.00873. The molecule has 5 heteroatoms. The fourth-order valence-electron chi connectivity index (χ4n) is 2.01.